The second-order valence-electron chi connectivity index (χ2n) is 3.77. The molecule has 1 unspecified atom stereocenters. The van der Waals surface area contributed by atoms with Gasteiger partial charge in [0.2, 0.25) is 0 Å². The molecule has 0 aliphatic rings. The molecule has 90 valence electrons. The molecule has 0 spiro atoms. The van der Waals surface area contributed by atoms with Crippen LogP contribution in [0, 0.1) is 0 Å². The number of aliphatic hydroxyl groups is 1. The van der Waals surface area contributed by atoms with Crippen LogP contribution in [0.15, 0.2) is 24.3 Å². The lowest BCUT2D eigenvalue weighted by Gasteiger charge is -2.17. The highest BCUT2D eigenvalue weighted by Crippen LogP contribution is 2.19. The van der Waals surface area contributed by atoms with Gasteiger partial charge in [-0.25, -0.2) is 0 Å². The van der Waals surface area contributed by atoms with Gasteiger partial charge in [-0.05, 0) is 37.1 Å². The Kier molecular flexibility index (Phi) is 5.90. The van der Waals surface area contributed by atoms with Crippen LogP contribution < -0.4 is 10.1 Å². The molecule has 0 aliphatic carbocycles. The molecular weight excluding hydrogens is 202 g/mol. The van der Waals surface area contributed by atoms with Gasteiger partial charge in [-0.15, -0.1) is 0 Å². The van der Waals surface area contributed by atoms with Crippen LogP contribution in [0.25, 0.3) is 0 Å². The molecule has 1 aromatic carbocycles. The first-order valence-corrected chi connectivity index (χ1v) is 5.80. The van der Waals surface area contributed by atoms with Crippen LogP contribution in [0.3, 0.4) is 0 Å². The molecule has 16 heavy (non-hydrogen) atoms. The van der Waals surface area contributed by atoms with E-state index in [0.717, 1.165) is 25.1 Å². The molecule has 3 heteroatoms. The van der Waals surface area contributed by atoms with E-state index in [1.54, 1.807) is 7.11 Å². The molecule has 0 heterocycles. The van der Waals surface area contributed by atoms with Gasteiger partial charge in [0, 0.05) is 12.6 Å². The zero-order valence-electron chi connectivity index (χ0n) is 10.1. The van der Waals surface area contributed by atoms with Gasteiger partial charge in [0.1, 0.15) is 5.75 Å². The van der Waals surface area contributed by atoms with Crippen LogP contribution in [0.5, 0.6) is 5.75 Å². The molecule has 1 aromatic rings. The first-order valence-electron chi connectivity index (χ1n) is 5.80. The molecule has 0 aromatic heterocycles. The van der Waals surface area contributed by atoms with Gasteiger partial charge >= 0.3 is 0 Å². The number of nitrogens with one attached hydrogen (secondary N) is 1. The average molecular weight is 223 g/mol. The summed E-state index contributed by atoms with van der Waals surface area (Å²) >= 11 is 0. The van der Waals surface area contributed by atoms with Gasteiger partial charge < -0.3 is 15.2 Å². The number of hydrogen-bond donors (Lipinski definition) is 2. The predicted octanol–water partition coefficient (Wildman–Crippen LogP) is 2.12. The normalized spacial score (nSPS) is 12.4. The monoisotopic (exact) mass is 223 g/mol. The van der Waals surface area contributed by atoms with Crippen molar-refractivity contribution in [1.82, 2.24) is 5.32 Å². The zero-order valence-corrected chi connectivity index (χ0v) is 10.1. The van der Waals surface area contributed by atoms with Gasteiger partial charge in [-0.3, -0.25) is 0 Å². The van der Waals surface area contributed by atoms with E-state index in [9.17, 15) is 0 Å². The largest absolute Gasteiger partial charge is 0.497 e. The molecule has 0 fully saturated rings. The summed E-state index contributed by atoms with van der Waals surface area (Å²) in [5.74, 6) is 0.883. The van der Waals surface area contributed by atoms with Crippen molar-refractivity contribution < 1.29 is 9.84 Å². The Morgan fingerprint density at radius 3 is 2.50 bits per heavy atom. The summed E-state index contributed by atoms with van der Waals surface area (Å²) in [5.41, 5.74) is 1.27. The molecule has 0 saturated carbocycles. The van der Waals surface area contributed by atoms with Crippen LogP contribution in [0.1, 0.15) is 31.4 Å². The third kappa shape index (κ3) is 3.83. The van der Waals surface area contributed by atoms with Crippen molar-refractivity contribution >= 4 is 0 Å². The SMILES string of the molecule is CCC(NCCCO)c1ccc(OC)cc1. The summed E-state index contributed by atoms with van der Waals surface area (Å²) in [4.78, 5) is 0. The summed E-state index contributed by atoms with van der Waals surface area (Å²) in [7, 11) is 1.67. The van der Waals surface area contributed by atoms with E-state index >= 15 is 0 Å². The van der Waals surface area contributed by atoms with E-state index in [1.807, 2.05) is 12.1 Å². The number of ether oxygens (including phenoxy) is 1. The van der Waals surface area contributed by atoms with E-state index in [4.69, 9.17) is 9.84 Å². The first-order chi connectivity index (χ1) is 7.81. The number of methoxy groups -OCH3 is 1. The maximum atomic E-state index is 8.73. The Morgan fingerprint density at radius 2 is 2.00 bits per heavy atom. The molecule has 2 N–H and O–H groups in total. The van der Waals surface area contributed by atoms with Crippen LogP contribution in [-0.4, -0.2) is 25.4 Å². The number of benzene rings is 1. The van der Waals surface area contributed by atoms with E-state index < -0.39 is 0 Å². The van der Waals surface area contributed by atoms with Gasteiger partial charge in [-0.1, -0.05) is 19.1 Å². The fourth-order valence-corrected chi connectivity index (χ4v) is 1.69. The molecule has 1 rings (SSSR count). The fourth-order valence-electron chi connectivity index (χ4n) is 1.69. The number of aliphatic hydroxyl groups excluding tert-OH is 1. The number of rotatable bonds is 7. The van der Waals surface area contributed by atoms with Crippen molar-refractivity contribution in [3.05, 3.63) is 29.8 Å². The van der Waals surface area contributed by atoms with Crippen molar-refractivity contribution in [3.63, 3.8) is 0 Å². The summed E-state index contributed by atoms with van der Waals surface area (Å²) in [6.07, 6.45) is 1.84. The van der Waals surface area contributed by atoms with Crippen molar-refractivity contribution in [3.8, 4) is 5.75 Å². The predicted molar refractivity (Wildman–Crippen MR) is 65.7 cm³/mol. The molecule has 0 bridgehead atoms. The molecular formula is C13H21NO2. The molecule has 0 radical (unpaired) electrons. The third-order valence-corrected chi connectivity index (χ3v) is 2.65. The quantitative estimate of drug-likeness (QED) is 0.696. The van der Waals surface area contributed by atoms with Crippen LogP contribution >= 0.6 is 0 Å². The molecule has 1 atom stereocenters. The van der Waals surface area contributed by atoms with Crippen molar-refractivity contribution in [1.29, 1.82) is 0 Å². The Hall–Kier alpha value is -1.06. The Labute approximate surface area is 97.4 Å². The lowest BCUT2D eigenvalue weighted by atomic mass is 10.0. The smallest absolute Gasteiger partial charge is 0.118 e. The van der Waals surface area contributed by atoms with E-state index in [1.165, 1.54) is 5.56 Å². The van der Waals surface area contributed by atoms with Crippen LogP contribution in [-0.2, 0) is 0 Å². The minimum absolute atomic E-state index is 0.242. The summed E-state index contributed by atoms with van der Waals surface area (Å²) in [5, 5.41) is 12.2. The maximum absolute atomic E-state index is 8.73. The first kappa shape index (κ1) is 13.0. The van der Waals surface area contributed by atoms with Crippen molar-refractivity contribution in [2.24, 2.45) is 0 Å². The fraction of sp³-hybridized carbons (Fsp3) is 0.538. The highest BCUT2D eigenvalue weighted by atomic mass is 16.5. The topological polar surface area (TPSA) is 41.5 Å². The lowest BCUT2D eigenvalue weighted by Crippen LogP contribution is -2.22. The number of hydrogen-bond acceptors (Lipinski definition) is 3. The second kappa shape index (κ2) is 7.25. The average Bonchev–Trinajstić information content (AvgIpc) is 2.35. The summed E-state index contributed by atoms with van der Waals surface area (Å²) in [6.45, 7) is 3.24. The van der Waals surface area contributed by atoms with Crippen molar-refractivity contribution in [2.45, 2.75) is 25.8 Å². The van der Waals surface area contributed by atoms with Crippen LogP contribution in [0.2, 0.25) is 0 Å². The zero-order chi connectivity index (χ0) is 11.8. The Morgan fingerprint density at radius 1 is 1.31 bits per heavy atom. The van der Waals surface area contributed by atoms with Gasteiger partial charge in [0.25, 0.3) is 0 Å². The van der Waals surface area contributed by atoms with Gasteiger partial charge in [-0.2, -0.15) is 0 Å². The molecule has 0 amide bonds. The molecule has 3 nitrogen and oxygen atoms in total. The standard InChI is InChI=1S/C13H21NO2/c1-3-13(14-9-4-10-15)11-5-7-12(16-2)8-6-11/h5-8,13-15H,3-4,9-10H2,1-2H3. The van der Waals surface area contributed by atoms with Crippen LogP contribution in [0.4, 0.5) is 0 Å². The van der Waals surface area contributed by atoms with E-state index in [-0.39, 0.29) is 6.61 Å². The van der Waals surface area contributed by atoms with E-state index in [0.29, 0.717) is 6.04 Å². The Balaban J connectivity index is 2.56. The molecule has 0 saturated heterocycles. The van der Waals surface area contributed by atoms with Gasteiger partial charge in [0.05, 0.1) is 7.11 Å². The minimum atomic E-state index is 0.242. The lowest BCUT2D eigenvalue weighted by molar-refractivity contribution is 0.283. The highest BCUT2D eigenvalue weighted by Gasteiger charge is 2.07. The summed E-state index contributed by atoms with van der Waals surface area (Å²) < 4.78 is 5.13. The maximum Gasteiger partial charge on any atom is 0.118 e. The highest BCUT2D eigenvalue weighted by molar-refractivity contribution is 5.29. The minimum Gasteiger partial charge on any atom is -0.497 e. The Bertz CT molecular complexity index is 284. The van der Waals surface area contributed by atoms with Gasteiger partial charge in [0.15, 0.2) is 0 Å². The summed E-state index contributed by atoms with van der Waals surface area (Å²) in [6, 6.07) is 8.48. The second-order valence-corrected chi connectivity index (χ2v) is 3.77. The van der Waals surface area contributed by atoms with E-state index in [2.05, 4.69) is 24.4 Å². The van der Waals surface area contributed by atoms with Crippen molar-refractivity contribution in [2.75, 3.05) is 20.3 Å². The molecule has 0 aliphatic heterocycles. The third-order valence-electron chi connectivity index (χ3n) is 2.65.